The first-order chi connectivity index (χ1) is 15.4. The van der Waals surface area contributed by atoms with Crippen molar-refractivity contribution in [2.45, 2.75) is 71.1 Å². The van der Waals surface area contributed by atoms with Crippen LogP contribution in [0.25, 0.3) is 0 Å². The van der Waals surface area contributed by atoms with Crippen LogP contribution in [-0.4, -0.2) is 36.6 Å². The highest BCUT2D eigenvalue weighted by molar-refractivity contribution is 6.00. The number of benzene rings is 1. The van der Waals surface area contributed by atoms with Crippen LogP contribution in [0.15, 0.2) is 12.1 Å². The van der Waals surface area contributed by atoms with E-state index in [2.05, 4.69) is 6.92 Å². The summed E-state index contributed by atoms with van der Waals surface area (Å²) in [7, 11) is 0. The topological polar surface area (TPSA) is 78.9 Å². The van der Waals surface area contributed by atoms with E-state index in [1.165, 1.54) is 19.1 Å². The second kappa shape index (κ2) is 8.33. The molecule has 3 aliphatic carbocycles. The summed E-state index contributed by atoms with van der Waals surface area (Å²) in [6.07, 6.45) is -1.43. The average Bonchev–Trinajstić information content (AvgIpc) is 3.02. The lowest BCUT2D eigenvalue weighted by Crippen LogP contribution is -2.46. The maximum Gasteiger partial charge on any atom is 0.422 e. The summed E-state index contributed by atoms with van der Waals surface area (Å²) in [5.41, 5.74) is 0.769. The predicted octanol–water partition coefficient (Wildman–Crippen LogP) is 4.98. The highest BCUT2D eigenvalue weighted by Crippen LogP contribution is 2.62. The fourth-order valence-corrected chi connectivity index (χ4v) is 6.26. The van der Waals surface area contributed by atoms with Crippen LogP contribution in [0, 0.1) is 17.3 Å². The Balaban J connectivity index is 1.69. The van der Waals surface area contributed by atoms with Crippen LogP contribution >= 0.6 is 0 Å². The number of carbonyl (C=O) groups is 3. The first-order valence-electron chi connectivity index (χ1n) is 11.2. The zero-order valence-electron chi connectivity index (χ0n) is 18.8. The van der Waals surface area contributed by atoms with Gasteiger partial charge in [-0.1, -0.05) is 6.92 Å². The zero-order chi connectivity index (χ0) is 24.1. The van der Waals surface area contributed by atoms with Crippen LogP contribution < -0.4 is 9.47 Å². The van der Waals surface area contributed by atoms with Gasteiger partial charge in [-0.2, -0.15) is 13.2 Å². The molecule has 6 nitrogen and oxygen atoms in total. The van der Waals surface area contributed by atoms with Gasteiger partial charge in [-0.25, -0.2) is 0 Å². The van der Waals surface area contributed by atoms with E-state index in [0.29, 0.717) is 24.0 Å². The summed E-state index contributed by atoms with van der Waals surface area (Å²) < 4.78 is 54.0. The summed E-state index contributed by atoms with van der Waals surface area (Å²) in [6.45, 7) is 3.10. The lowest BCUT2D eigenvalue weighted by molar-refractivity contribution is -0.155. The van der Waals surface area contributed by atoms with Crippen LogP contribution in [0.5, 0.6) is 11.5 Å². The highest BCUT2D eigenvalue weighted by atomic mass is 19.4. The van der Waals surface area contributed by atoms with Gasteiger partial charge in [-0.3, -0.25) is 14.4 Å². The SMILES string of the molecule is CC(=O)Oc1cc2c(cc1OCC(F)(F)F)[C@H]1CC[C@]3(C)[C@@H](OC(C)=O)CC[C@H]3[C@@H]1CC2=O. The van der Waals surface area contributed by atoms with E-state index in [9.17, 15) is 27.6 Å². The molecule has 0 aliphatic heterocycles. The number of hydrogen-bond donors (Lipinski definition) is 0. The second-order valence-electron chi connectivity index (χ2n) is 9.61. The van der Waals surface area contributed by atoms with Crippen molar-refractivity contribution in [1.82, 2.24) is 0 Å². The molecule has 180 valence electrons. The Kier molecular flexibility index (Phi) is 5.95. The summed E-state index contributed by atoms with van der Waals surface area (Å²) in [5, 5.41) is 0. The molecule has 0 spiro atoms. The number of esters is 2. The van der Waals surface area contributed by atoms with Gasteiger partial charge in [0.1, 0.15) is 6.10 Å². The van der Waals surface area contributed by atoms with Crippen LogP contribution in [0.2, 0.25) is 0 Å². The maximum absolute atomic E-state index is 13.1. The van der Waals surface area contributed by atoms with Crippen molar-refractivity contribution in [3.8, 4) is 11.5 Å². The van der Waals surface area contributed by atoms with Gasteiger partial charge < -0.3 is 14.2 Å². The molecule has 5 atom stereocenters. The normalized spacial score (nSPS) is 30.7. The Labute approximate surface area is 189 Å². The molecule has 0 saturated heterocycles. The number of alkyl halides is 3. The zero-order valence-corrected chi connectivity index (χ0v) is 18.8. The minimum atomic E-state index is -4.57. The average molecular weight is 468 g/mol. The molecule has 0 unspecified atom stereocenters. The van der Waals surface area contributed by atoms with E-state index in [-0.39, 0.29) is 52.5 Å². The number of rotatable bonds is 4. The van der Waals surface area contributed by atoms with Crippen molar-refractivity contribution in [2.75, 3.05) is 6.61 Å². The highest BCUT2D eigenvalue weighted by Gasteiger charge is 2.57. The molecule has 2 fully saturated rings. The molecule has 33 heavy (non-hydrogen) atoms. The third-order valence-corrected chi connectivity index (χ3v) is 7.54. The first kappa shape index (κ1) is 23.6. The minimum Gasteiger partial charge on any atom is -0.480 e. The number of hydrogen-bond acceptors (Lipinski definition) is 6. The van der Waals surface area contributed by atoms with Gasteiger partial charge in [0, 0.05) is 31.2 Å². The predicted molar refractivity (Wildman–Crippen MR) is 110 cm³/mol. The summed E-state index contributed by atoms with van der Waals surface area (Å²) in [6, 6.07) is 2.78. The van der Waals surface area contributed by atoms with Gasteiger partial charge in [-0.15, -0.1) is 0 Å². The molecular weight excluding hydrogens is 441 g/mol. The lowest BCUT2D eigenvalue weighted by atomic mass is 9.55. The number of Topliss-reactive ketones (excluding diaryl/α,β-unsaturated/α-hetero) is 1. The Morgan fingerprint density at radius 1 is 1.09 bits per heavy atom. The molecular formula is C24H27F3O6. The molecule has 0 amide bonds. The Morgan fingerprint density at radius 2 is 1.82 bits per heavy atom. The smallest absolute Gasteiger partial charge is 0.422 e. The molecule has 0 bridgehead atoms. The Morgan fingerprint density at radius 3 is 2.45 bits per heavy atom. The molecule has 0 aromatic heterocycles. The van der Waals surface area contributed by atoms with E-state index < -0.39 is 18.8 Å². The number of fused-ring (bicyclic) bond motifs is 5. The number of ketones is 1. The molecule has 0 heterocycles. The van der Waals surface area contributed by atoms with Crippen LogP contribution in [0.1, 0.15) is 74.7 Å². The quantitative estimate of drug-likeness (QED) is 0.458. The van der Waals surface area contributed by atoms with Crippen molar-refractivity contribution in [3.63, 3.8) is 0 Å². The van der Waals surface area contributed by atoms with Crippen molar-refractivity contribution in [1.29, 1.82) is 0 Å². The van der Waals surface area contributed by atoms with Crippen LogP contribution in [-0.2, 0) is 14.3 Å². The van der Waals surface area contributed by atoms with Crippen LogP contribution in [0.3, 0.4) is 0 Å². The van der Waals surface area contributed by atoms with Gasteiger partial charge in [0.25, 0.3) is 0 Å². The molecule has 4 rings (SSSR count). The van der Waals surface area contributed by atoms with Gasteiger partial charge >= 0.3 is 18.1 Å². The Bertz CT molecular complexity index is 987. The molecule has 1 aromatic carbocycles. The molecule has 3 aliphatic rings. The molecule has 0 radical (unpaired) electrons. The van der Waals surface area contributed by atoms with Crippen molar-refractivity contribution in [2.24, 2.45) is 17.3 Å². The number of halogens is 3. The first-order valence-corrected chi connectivity index (χ1v) is 11.2. The molecule has 0 N–H and O–H groups in total. The van der Waals surface area contributed by atoms with Gasteiger partial charge in [0.2, 0.25) is 0 Å². The number of carbonyl (C=O) groups excluding carboxylic acids is 3. The largest absolute Gasteiger partial charge is 0.480 e. The van der Waals surface area contributed by atoms with Crippen LogP contribution in [0.4, 0.5) is 13.2 Å². The van der Waals surface area contributed by atoms with Gasteiger partial charge in [-0.05, 0) is 61.1 Å². The number of ether oxygens (including phenoxy) is 3. The maximum atomic E-state index is 13.1. The van der Waals surface area contributed by atoms with Crippen molar-refractivity contribution >= 4 is 17.7 Å². The standard InChI is InChI=1S/C24H27F3O6/c1-12(28)32-21-10-17-15(9-20(21)31-11-24(25,26)27)14-6-7-23(3)18(16(14)8-19(17)30)4-5-22(23)33-13(2)29/h9-10,14,16,18,22H,4-8,11H2,1-3H3/t14-,16-,18+,22+,23+/m1/s1. The van der Waals surface area contributed by atoms with E-state index >= 15 is 0 Å². The monoisotopic (exact) mass is 468 g/mol. The Hall–Kier alpha value is -2.58. The molecule has 1 aromatic rings. The second-order valence-corrected chi connectivity index (χ2v) is 9.61. The molecule has 9 heteroatoms. The third-order valence-electron chi connectivity index (χ3n) is 7.54. The van der Waals surface area contributed by atoms with E-state index in [1.807, 2.05) is 0 Å². The summed E-state index contributed by atoms with van der Waals surface area (Å²) in [4.78, 5) is 36.2. The van der Waals surface area contributed by atoms with Crippen molar-refractivity contribution < 1.29 is 41.8 Å². The van der Waals surface area contributed by atoms with E-state index in [4.69, 9.17) is 14.2 Å². The lowest BCUT2D eigenvalue weighted by Gasteiger charge is -2.50. The van der Waals surface area contributed by atoms with Gasteiger partial charge in [0.15, 0.2) is 23.9 Å². The fraction of sp³-hybridized carbons (Fsp3) is 0.625. The van der Waals surface area contributed by atoms with E-state index in [0.717, 1.165) is 26.2 Å². The molecule has 2 saturated carbocycles. The summed E-state index contributed by atoms with van der Waals surface area (Å²) >= 11 is 0. The third kappa shape index (κ3) is 4.46. The van der Waals surface area contributed by atoms with E-state index in [1.54, 1.807) is 0 Å². The fourth-order valence-electron chi connectivity index (χ4n) is 6.26. The van der Waals surface area contributed by atoms with Gasteiger partial charge in [0.05, 0.1) is 0 Å². The summed E-state index contributed by atoms with van der Waals surface area (Å²) in [5.74, 6) is -1.44. The van der Waals surface area contributed by atoms with Crippen molar-refractivity contribution in [3.05, 3.63) is 23.3 Å². The minimum absolute atomic E-state index is 0.000602.